The van der Waals surface area contributed by atoms with Crippen molar-refractivity contribution in [3.8, 4) is 0 Å². The molecule has 0 aromatic carbocycles. The predicted molar refractivity (Wildman–Crippen MR) is 88.5 cm³/mol. The lowest BCUT2D eigenvalue weighted by Crippen LogP contribution is -2.27. The monoisotopic (exact) mass is 341 g/mol. The van der Waals surface area contributed by atoms with Crippen LogP contribution in [0, 0.1) is 0 Å². The fourth-order valence-electron chi connectivity index (χ4n) is 1.95. The Balaban J connectivity index is 2.05. The van der Waals surface area contributed by atoms with E-state index in [4.69, 9.17) is 0 Å². The topological polar surface area (TPSA) is 83.9 Å². The van der Waals surface area contributed by atoms with Crippen LogP contribution in [0.3, 0.4) is 0 Å². The van der Waals surface area contributed by atoms with Gasteiger partial charge in [-0.25, -0.2) is 14.9 Å². The van der Waals surface area contributed by atoms with Crippen LogP contribution in [0.25, 0.3) is 0 Å². The van der Waals surface area contributed by atoms with E-state index in [0.29, 0.717) is 29.1 Å². The minimum atomic E-state index is -0.183. The van der Waals surface area contributed by atoms with Crippen molar-refractivity contribution in [1.82, 2.24) is 19.7 Å². The molecule has 0 saturated heterocycles. The Morgan fingerprint density at radius 2 is 2.27 bits per heavy atom. The second-order valence-electron chi connectivity index (χ2n) is 4.64. The highest BCUT2D eigenvalue weighted by atomic mass is 32.2. The van der Waals surface area contributed by atoms with E-state index in [1.54, 1.807) is 9.47 Å². The molecule has 2 aromatic heterocycles. The molecule has 0 aliphatic carbocycles. The minimum Gasteiger partial charge on any atom is -0.289 e. The number of hydrogen-bond donors (Lipinski definition) is 1. The maximum atomic E-state index is 11.6. The average molecular weight is 341 g/mol. The summed E-state index contributed by atoms with van der Waals surface area (Å²) in [4.78, 5) is 29.3. The maximum absolute atomic E-state index is 11.6. The molecule has 0 radical (unpaired) electrons. The molecule has 0 fully saturated rings. The maximum Gasteiger partial charge on any atom is 0.343 e. The molecule has 120 valence electrons. The van der Waals surface area contributed by atoms with Gasteiger partial charge in [-0.05, 0) is 13.3 Å². The van der Waals surface area contributed by atoms with Gasteiger partial charge in [0.05, 0.1) is 5.69 Å². The molecular formula is C13H19N5O2S2. The number of carbonyl (C=O) groups is 1. The number of hydrogen-bond acceptors (Lipinski definition) is 6. The summed E-state index contributed by atoms with van der Waals surface area (Å²) in [6.45, 7) is 6.72. The van der Waals surface area contributed by atoms with Crippen molar-refractivity contribution < 1.29 is 4.79 Å². The molecule has 0 aliphatic rings. The molecule has 22 heavy (non-hydrogen) atoms. The first-order valence-corrected chi connectivity index (χ1v) is 8.93. The van der Waals surface area contributed by atoms with Gasteiger partial charge in [-0.2, -0.15) is 0 Å². The van der Waals surface area contributed by atoms with Crippen molar-refractivity contribution >= 4 is 34.1 Å². The van der Waals surface area contributed by atoms with E-state index in [1.807, 2.05) is 19.2 Å². The Morgan fingerprint density at radius 1 is 1.50 bits per heavy atom. The molecular weight excluding hydrogens is 322 g/mol. The third-order valence-electron chi connectivity index (χ3n) is 2.99. The van der Waals surface area contributed by atoms with Crippen LogP contribution in [0.5, 0.6) is 0 Å². The number of carbonyl (C=O) groups excluding carboxylic acids is 1. The molecule has 0 unspecified atom stereocenters. The first-order chi connectivity index (χ1) is 10.6. The van der Waals surface area contributed by atoms with Gasteiger partial charge in [-0.1, -0.05) is 18.7 Å². The zero-order chi connectivity index (χ0) is 16.1. The molecule has 1 N–H and O–H groups in total. The Kier molecular flexibility index (Phi) is 5.78. The Labute approximate surface area is 136 Å². The molecule has 2 aromatic rings. The summed E-state index contributed by atoms with van der Waals surface area (Å²) in [6, 6.07) is 0. The third-order valence-corrected chi connectivity index (χ3v) is 4.91. The summed E-state index contributed by atoms with van der Waals surface area (Å²) in [5, 5.41) is 9.81. The van der Waals surface area contributed by atoms with Crippen LogP contribution in [0.15, 0.2) is 15.3 Å². The Morgan fingerprint density at radius 3 is 2.91 bits per heavy atom. The van der Waals surface area contributed by atoms with E-state index in [9.17, 15) is 9.59 Å². The highest BCUT2D eigenvalue weighted by Gasteiger charge is 2.14. The fourth-order valence-corrected chi connectivity index (χ4v) is 3.85. The number of aromatic nitrogens is 4. The van der Waals surface area contributed by atoms with Gasteiger partial charge < -0.3 is 0 Å². The number of anilines is 1. The van der Waals surface area contributed by atoms with Crippen LogP contribution in [0.2, 0.25) is 0 Å². The number of aromatic amines is 1. The molecule has 1 amide bonds. The van der Waals surface area contributed by atoms with Gasteiger partial charge in [-0.15, -0.1) is 16.4 Å². The van der Waals surface area contributed by atoms with Gasteiger partial charge >= 0.3 is 5.69 Å². The number of nitrogens with one attached hydrogen (secondary N) is 1. The lowest BCUT2D eigenvalue weighted by Gasteiger charge is -2.14. The molecule has 0 aliphatic heterocycles. The number of H-pyrrole nitrogens is 1. The van der Waals surface area contributed by atoms with Crippen molar-refractivity contribution in [3.63, 3.8) is 0 Å². The largest absolute Gasteiger partial charge is 0.343 e. The van der Waals surface area contributed by atoms with Crippen molar-refractivity contribution in [2.24, 2.45) is 0 Å². The van der Waals surface area contributed by atoms with Crippen LogP contribution >= 0.6 is 23.1 Å². The van der Waals surface area contributed by atoms with E-state index < -0.39 is 0 Å². The molecule has 2 rings (SSSR count). The summed E-state index contributed by atoms with van der Waals surface area (Å²) in [7, 11) is 0. The van der Waals surface area contributed by atoms with Crippen LogP contribution in [-0.2, 0) is 17.1 Å². The first-order valence-electron chi connectivity index (χ1n) is 7.07. The van der Waals surface area contributed by atoms with Gasteiger partial charge in [0, 0.05) is 31.1 Å². The second kappa shape index (κ2) is 7.59. The lowest BCUT2D eigenvalue weighted by atomic mass is 10.5. The quantitative estimate of drug-likeness (QED) is 0.780. The normalized spacial score (nSPS) is 10.9. The number of amides is 1. The first kappa shape index (κ1) is 16.8. The van der Waals surface area contributed by atoms with E-state index in [2.05, 4.69) is 15.2 Å². The number of thioether (sulfide) groups is 1. The zero-order valence-electron chi connectivity index (χ0n) is 12.8. The highest BCUT2D eigenvalue weighted by molar-refractivity contribution is 7.98. The summed E-state index contributed by atoms with van der Waals surface area (Å²) >= 11 is 2.91. The average Bonchev–Trinajstić information content (AvgIpc) is 3.06. The minimum absolute atomic E-state index is 0.0138. The van der Waals surface area contributed by atoms with E-state index in [1.165, 1.54) is 30.0 Å². The van der Waals surface area contributed by atoms with Gasteiger partial charge in [0.1, 0.15) is 0 Å². The van der Waals surface area contributed by atoms with Crippen molar-refractivity contribution in [2.75, 3.05) is 11.4 Å². The Hall–Kier alpha value is -1.61. The SMILES string of the molecule is CCCn1c(SCc2csc(N(CC)C(C)=O)n2)n[nH]c1=O. The number of rotatable bonds is 7. The lowest BCUT2D eigenvalue weighted by molar-refractivity contribution is -0.116. The summed E-state index contributed by atoms with van der Waals surface area (Å²) in [6.07, 6.45) is 0.873. The summed E-state index contributed by atoms with van der Waals surface area (Å²) in [5.41, 5.74) is 0.695. The summed E-state index contributed by atoms with van der Waals surface area (Å²) in [5.74, 6) is 0.597. The van der Waals surface area contributed by atoms with E-state index in [0.717, 1.165) is 12.1 Å². The van der Waals surface area contributed by atoms with Crippen molar-refractivity contribution in [3.05, 3.63) is 21.6 Å². The molecule has 7 nitrogen and oxygen atoms in total. The number of thiazole rings is 1. The molecule has 0 spiro atoms. The molecule has 9 heteroatoms. The molecule has 0 bridgehead atoms. The smallest absolute Gasteiger partial charge is 0.289 e. The van der Waals surface area contributed by atoms with Crippen LogP contribution in [-0.4, -0.2) is 32.2 Å². The summed E-state index contributed by atoms with van der Waals surface area (Å²) < 4.78 is 1.63. The van der Waals surface area contributed by atoms with Gasteiger partial charge in [0.15, 0.2) is 10.3 Å². The molecule has 2 heterocycles. The van der Waals surface area contributed by atoms with Crippen molar-refractivity contribution in [2.45, 2.75) is 44.6 Å². The molecule has 0 atom stereocenters. The second-order valence-corrected chi connectivity index (χ2v) is 6.42. The van der Waals surface area contributed by atoms with E-state index >= 15 is 0 Å². The van der Waals surface area contributed by atoms with Gasteiger partial charge in [0.25, 0.3) is 0 Å². The highest BCUT2D eigenvalue weighted by Crippen LogP contribution is 2.25. The Bertz CT molecular complexity index is 691. The zero-order valence-corrected chi connectivity index (χ0v) is 14.5. The van der Waals surface area contributed by atoms with Crippen molar-refractivity contribution in [1.29, 1.82) is 0 Å². The van der Waals surface area contributed by atoms with Gasteiger partial charge in [-0.3, -0.25) is 14.3 Å². The van der Waals surface area contributed by atoms with Gasteiger partial charge in [0.2, 0.25) is 5.91 Å². The van der Waals surface area contributed by atoms with Crippen LogP contribution in [0.4, 0.5) is 5.13 Å². The predicted octanol–water partition coefficient (Wildman–Crippen LogP) is 2.10. The molecule has 0 saturated carbocycles. The fraction of sp³-hybridized carbons (Fsp3) is 0.538. The standard InChI is InChI=1S/C13H19N5O2S2/c1-4-6-18-11(20)15-16-13(18)22-8-10-7-21-12(14-10)17(5-2)9(3)19/h7H,4-6,8H2,1-3H3,(H,15,20). The van der Waals surface area contributed by atoms with E-state index in [-0.39, 0.29) is 11.6 Å². The third kappa shape index (κ3) is 3.77. The van der Waals surface area contributed by atoms with Crippen LogP contribution < -0.4 is 10.6 Å². The van der Waals surface area contributed by atoms with Crippen LogP contribution in [0.1, 0.15) is 32.9 Å². The number of nitrogens with zero attached hydrogens (tertiary/aromatic N) is 4.